The summed E-state index contributed by atoms with van der Waals surface area (Å²) in [5, 5.41) is 6.36. The standard InChI is InChI=1S/C9H11N3O2S/c1-2-13-5-7-11-9(14-12-7)6-3-4-15-8(6)10/h3-4H,2,5,10H2,1H3. The third-order valence-electron chi connectivity index (χ3n) is 1.83. The molecule has 2 rings (SSSR count). The Bertz CT molecular complexity index is 438. The maximum absolute atomic E-state index is 5.74. The fraction of sp³-hybridized carbons (Fsp3) is 0.333. The molecule has 0 saturated carbocycles. The van der Waals surface area contributed by atoms with Gasteiger partial charge in [0.1, 0.15) is 6.61 Å². The highest BCUT2D eigenvalue weighted by atomic mass is 32.1. The van der Waals surface area contributed by atoms with Gasteiger partial charge in [-0.15, -0.1) is 11.3 Å². The molecule has 0 aliphatic heterocycles. The third kappa shape index (κ3) is 2.16. The quantitative estimate of drug-likeness (QED) is 0.860. The van der Waals surface area contributed by atoms with Crippen molar-refractivity contribution in [1.82, 2.24) is 10.1 Å². The van der Waals surface area contributed by atoms with Gasteiger partial charge in [-0.2, -0.15) is 4.98 Å². The van der Waals surface area contributed by atoms with Crippen LogP contribution in [-0.2, 0) is 11.3 Å². The minimum Gasteiger partial charge on any atom is -0.390 e. The number of hydrogen-bond acceptors (Lipinski definition) is 6. The zero-order valence-corrected chi connectivity index (χ0v) is 9.08. The Morgan fingerprint density at radius 3 is 3.13 bits per heavy atom. The second kappa shape index (κ2) is 4.41. The lowest BCUT2D eigenvalue weighted by Crippen LogP contribution is -1.93. The van der Waals surface area contributed by atoms with Crippen LogP contribution in [0.15, 0.2) is 16.0 Å². The molecule has 0 amide bonds. The summed E-state index contributed by atoms with van der Waals surface area (Å²) in [5.74, 6) is 0.987. The SMILES string of the molecule is CCOCc1noc(-c2ccsc2N)n1. The molecule has 0 saturated heterocycles. The van der Waals surface area contributed by atoms with Gasteiger partial charge < -0.3 is 15.0 Å². The minimum absolute atomic E-state index is 0.365. The summed E-state index contributed by atoms with van der Waals surface area (Å²) in [4.78, 5) is 4.17. The van der Waals surface area contributed by atoms with Gasteiger partial charge in [-0.3, -0.25) is 0 Å². The highest BCUT2D eigenvalue weighted by molar-refractivity contribution is 7.14. The van der Waals surface area contributed by atoms with E-state index in [1.807, 2.05) is 18.4 Å². The van der Waals surface area contributed by atoms with E-state index in [1.54, 1.807) is 0 Å². The Morgan fingerprint density at radius 2 is 2.47 bits per heavy atom. The molecule has 0 fully saturated rings. The molecule has 0 unspecified atom stereocenters. The average Bonchev–Trinajstić information content (AvgIpc) is 2.83. The zero-order chi connectivity index (χ0) is 10.7. The van der Waals surface area contributed by atoms with Crippen LogP contribution in [0.3, 0.4) is 0 Å². The van der Waals surface area contributed by atoms with E-state index in [0.29, 0.717) is 29.9 Å². The molecule has 6 heteroatoms. The second-order valence-corrected chi connectivity index (χ2v) is 3.80. The van der Waals surface area contributed by atoms with Crippen molar-refractivity contribution in [3.63, 3.8) is 0 Å². The molecule has 0 aromatic carbocycles. The fourth-order valence-electron chi connectivity index (χ4n) is 1.11. The molecular formula is C9H11N3O2S. The van der Waals surface area contributed by atoms with Gasteiger partial charge in [0.15, 0.2) is 5.82 Å². The Morgan fingerprint density at radius 1 is 1.60 bits per heavy atom. The Labute approximate surface area is 90.9 Å². The lowest BCUT2D eigenvalue weighted by molar-refractivity contribution is 0.126. The molecular weight excluding hydrogens is 214 g/mol. The van der Waals surface area contributed by atoms with E-state index in [-0.39, 0.29) is 0 Å². The molecule has 2 heterocycles. The Balaban J connectivity index is 2.17. The molecule has 15 heavy (non-hydrogen) atoms. The van der Waals surface area contributed by atoms with E-state index >= 15 is 0 Å². The van der Waals surface area contributed by atoms with Crippen LogP contribution in [-0.4, -0.2) is 16.7 Å². The number of ether oxygens (including phenoxy) is 1. The Hall–Kier alpha value is -1.40. The predicted molar refractivity (Wildman–Crippen MR) is 57.4 cm³/mol. The van der Waals surface area contributed by atoms with Crippen molar-refractivity contribution in [2.45, 2.75) is 13.5 Å². The van der Waals surface area contributed by atoms with Gasteiger partial charge in [-0.1, -0.05) is 5.16 Å². The van der Waals surface area contributed by atoms with Crippen molar-refractivity contribution in [2.24, 2.45) is 0 Å². The fourth-order valence-corrected chi connectivity index (χ4v) is 1.75. The van der Waals surface area contributed by atoms with Gasteiger partial charge in [0, 0.05) is 6.61 Å². The largest absolute Gasteiger partial charge is 0.390 e. The number of rotatable bonds is 4. The summed E-state index contributed by atoms with van der Waals surface area (Å²) >= 11 is 1.45. The normalized spacial score (nSPS) is 10.7. The molecule has 5 nitrogen and oxygen atoms in total. The molecule has 0 spiro atoms. The number of nitrogens with zero attached hydrogens (tertiary/aromatic N) is 2. The van der Waals surface area contributed by atoms with Gasteiger partial charge in [0.2, 0.25) is 0 Å². The lowest BCUT2D eigenvalue weighted by Gasteiger charge is -1.92. The van der Waals surface area contributed by atoms with Crippen LogP contribution >= 0.6 is 11.3 Å². The van der Waals surface area contributed by atoms with Crippen molar-refractivity contribution >= 4 is 16.3 Å². The summed E-state index contributed by atoms with van der Waals surface area (Å²) < 4.78 is 10.2. The summed E-state index contributed by atoms with van der Waals surface area (Å²) in [6, 6.07) is 1.86. The lowest BCUT2D eigenvalue weighted by atomic mass is 10.3. The van der Waals surface area contributed by atoms with Crippen molar-refractivity contribution in [3.8, 4) is 11.5 Å². The van der Waals surface area contributed by atoms with Gasteiger partial charge >= 0.3 is 0 Å². The predicted octanol–water partition coefficient (Wildman–Crippen LogP) is 1.92. The second-order valence-electron chi connectivity index (χ2n) is 2.85. The monoisotopic (exact) mass is 225 g/mol. The van der Waals surface area contributed by atoms with E-state index in [1.165, 1.54) is 11.3 Å². The van der Waals surface area contributed by atoms with E-state index in [0.717, 1.165) is 5.56 Å². The topological polar surface area (TPSA) is 74.2 Å². The average molecular weight is 225 g/mol. The first-order chi connectivity index (χ1) is 7.31. The minimum atomic E-state index is 0.365. The molecule has 0 bridgehead atoms. The highest BCUT2D eigenvalue weighted by Gasteiger charge is 2.12. The van der Waals surface area contributed by atoms with Crippen LogP contribution in [0.2, 0.25) is 0 Å². The molecule has 2 aromatic rings. The van der Waals surface area contributed by atoms with E-state index in [4.69, 9.17) is 15.0 Å². The number of nitrogen functional groups attached to an aromatic ring is 1. The van der Waals surface area contributed by atoms with Crippen LogP contribution < -0.4 is 5.73 Å². The van der Waals surface area contributed by atoms with E-state index in [9.17, 15) is 0 Å². The maximum atomic E-state index is 5.74. The number of nitrogens with two attached hydrogens (primary N) is 1. The molecule has 80 valence electrons. The highest BCUT2D eigenvalue weighted by Crippen LogP contribution is 2.28. The molecule has 0 atom stereocenters. The van der Waals surface area contributed by atoms with Gasteiger partial charge in [-0.05, 0) is 18.4 Å². The van der Waals surface area contributed by atoms with Gasteiger partial charge in [0.25, 0.3) is 5.89 Å². The molecule has 2 N–H and O–H groups in total. The van der Waals surface area contributed by atoms with Crippen LogP contribution in [0, 0.1) is 0 Å². The smallest absolute Gasteiger partial charge is 0.260 e. The van der Waals surface area contributed by atoms with Gasteiger partial charge in [-0.25, -0.2) is 0 Å². The first-order valence-electron chi connectivity index (χ1n) is 4.55. The van der Waals surface area contributed by atoms with Crippen molar-refractivity contribution in [2.75, 3.05) is 12.3 Å². The van der Waals surface area contributed by atoms with Crippen LogP contribution in [0.1, 0.15) is 12.7 Å². The Kier molecular flexibility index (Phi) is 2.98. The first-order valence-corrected chi connectivity index (χ1v) is 5.43. The summed E-state index contributed by atoms with van der Waals surface area (Å²) in [5.41, 5.74) is 6.53. The summed E-state index contributed by atoms with van der Waals surface area (Å²) in [6.45, 7) is 2.91. The van der Waals surface area contributed by atoms with Crippen molar-refractivity contribution in [3.05, 3.63) is 17.3 Å². The molecule has 0 aliphatic rings. The molecule has 0 aliphatic carbocycles. The van der Waals surface area contributed by atoms with E-state index in [2.05, 4.69) is 10.1 Å². The number of aromatic nitrogens is 2. The van der Waals surface area contributed by atoms with Crippen LogP contribution in [0.5, 0.6) is 0 Å². The van der Waals surface area contributed by atoms with Crippen LogP contribution in [0.4, 0.5) is 5.00 Å². The zero-order valence-electron chi connectivity index (χ0n) is 8.27. The van der Waals surface area contributed by atoms with Crippen LogP contribution in [0.25, 0.3) is 11.5 Å². The molecule has 0 radical (unpaired) electrons. The number of thiophene rings is 1. The van der Waals surface area contributed by atoms with E-state index < -0.39 is 0 Å². The molecule has 2 aromatic heterocycles. The third-order valence-corrected chi connectivity index (χ3v) is 2.57. The number of hydrogen-bond donors (Lipinski definition) is 1. The number of anilines is 1. The van der Waals surface area contributed by atoms with Gasteiger partial charge in [0.05, 0.1) is 10.6 Å². The summed E-state index contributed by atoms with van der Waals surface area (Å²) in [6.07, 6.45) is 0. The van der Waals surface area contributed by atoms with Crippen molar-refractivity contribution in [1.29, 1.82) is 0 Å². The maximum Gasteiger partial charge on any atom is 0.260 e. The van der Waals surface area contributed by atoms with Crippen molar-refractivity contribution < 1.29 is 9.26 Å². The summed E-state index contributed by atoms with van der Waals surface area (Å²) in [7, 11) is 0. The first kappa shape index (κ1) is 10.1.